The summed E-state index contributed by atoms with van der Waals surface area (Å²) in [5.41, 5.74) is 4.89. The van der Waals surface area contributed by atoms with Gasteiger partial charge in [-0.1, -0.05) is 38.0 Å². The van der Waals surface area contributed by atoms with Crippen molar-refractivity contribution in [2.24, 2.45) is 5.41 Å². The minimum atomic E-state index is 0.544. The minimum absolute atomic E-state index is 0.544. The summed E-state index contributed by atoms with van der Waals surface area (Å²) >= 11 is 0. The van der Waals surface area contributed by atoms with E-state index >= 15 is 0 Å². The average molecular weight is 258 g/mol. The van der Waals surface area contributed by atoms with Crippen LogP contribution in [0.2, 0.25) is 0 Å². The molecule has 0 aromatic heterocycles. The van der Waals surface area contributed by atoms with Crippen LogP contribution in [0.15, 0.2) is 18.2 Å². The molecule has 0 bridgehead atoms. The summed E-state index contributed by atoms with van der Waals surface area (Å²) in [5.74, 6) is 0. The lowest BCUT2D eigenvalue weighted by atomic mass is 9.89. The minimum Gasteiger partial charge on any atom is -0.385 e. The highest BCUT2D eigenvalue weighted by molar-refractivity contribution is 5.59. The van der Waals surface area contributed by atoms with Crippen LogP contribution in [0.25, 0.3) is 0 Å². The molecule has 0 amide bonds. The van der Waals surface area contributed by atoms with E-state index in [4.69, 9.17) is 0 Å². The number of hydrogen-bond acceptors (Lipinski definition) is 2. The monoisotopic (exact) mass is 258 g/mol. The van der Waals surface area contributed by atoms with E-state index in [1.54, 1.807) is 0 Å². The topological polar surface area (TPSA) is 24.1 Å². The van der Waals surface area contributed by atoms with Crippen molar-refractivity contribution in [3.8, 4) is 0 Å². The van der Waals surface area contributed by atoms with Crippen molar-refractivity contribution < 1.29 is 0 Å². The number of anilines is 1. The van der Waals surface area contributed by atoms with Gasteiger partial charge in [-0.15, -0.1) is 0 Å². The average Bonchev–Trinajstić information content (AvgIpc) is 2.86. The quantitative estimate of drug-likeness (QED) is 0.860. The van der Waals surface area contributed by atoms with E-state index in [0.29, 0.717) is 5.41 Å². The molecule has 1 aromatic carbocycles. The van der Waals surface area contributed by atoms with Gasteiger partial charge in [-0.25, -0.2) is 0 Å². The van der Waals surface area contributed by atoms with E-state index in [1.807, 2.05) is 0 Å². The maximum atomic E-state index is 3.69. The Balaban J connectivity index is 1.61. The lowest BCUT2D eigenvalue weighted by molar-refractivity contribution is 0.314. The summed E-state index contributed by atoms with van der Waals surface area (Å²) in [6.07, 6.45) is 8.12. The molecule has 1 heterocycles. The van der Waals surface area contributed by atoms with Gasteiger partial charge in [-0.05, 0) is 42.2 Å². The molecule has 3 rings (SSSR count). The second kappa shape index (κ2) is 5.54. The molecule has 2 heteroatoms. The fourth-order valence-corrected chi connectivity index (χ4v) is 3.63. The number of rotatable bonds is 4. The predicted octanol–water partition coefficient (Wildman–Crippen LogP) is 3.71. The summed E-state index contributed by atoms with van der Waals surface area (Å²) in [4.78, 5) is 0. The Bertz CT molecular complexity index is 433. The Labute approximate surface area is 117 Å². The molecule has 2 aliphatic rings. The molecule has 1 fully saturated rings. The smallest absolute Gasteiger partial charge is 0.0418 e. The molecule has 1 aliphatic carbocycles. The number of para-hydroxylation sites is 1. The highest BCUT2D eigenvalue weighted by Crippen LogP contribution is 2.36. The molecule has 2 nitrogen and oxygen atoms in total. The molecule has 0 spiro atoms. The zero-order valence-electron chi connectivity index (χ0n) is 12.1. The first-order chi connectivity index (χ1) is 9.27. The molecule has 1 saturated carbocycles. The van der Waals surface area contributed by atoms with Gasteiger partial charge < -0.3 is 10.6 Å². The first kappa shape index (κ1) is 13.0. The number of fused-ring (bicyclic) bond motifs is 1. The first-order valence-corrected chi connectivity index (χ1v) is 7.82. The van der Waals surface area contributed by atoms with Crippen molar-refractivity contribution in [2.45, 2.75) is 52.0 Å². The van der Waals surface area contributed by atoms with Crippen molar-refractivity contribution >= 4 is 5.69 Å². The van der Waals surface area contributed by atoms with Crippen LogP contribution in [0.5, 0.6) is 0 Å². The molecule has 104 valence electrons. The SMILES string of the molecule is CC1(CNCc2cccc3c2NCCC3)CCCC1. The van der Waals surface area contributed by atoms with Gasteiger partial charge in [0.2, 0.25) is 0 Å². The number of benzene rings is 1. The molecule has 0 radical (unpaired) electrons. The van der Waals surface area contributed by atoms with Gasteiger partial charge >= 0.3 is 0 Å². The van der Waals surface area contributed by atoms with Gasteiger partial charge in [0.15, 0.2) is 0 Å². The van der Waals surface area contributed by atoms with Crippen molar-refractivity contribution in [2.75, 3.05) is 18.4 Å². The zero-order chi connectivity index (χ0) is 13.1. The van der Waals surface area contributed by atoms with Crippen LogP contribution in [-0.2, 0) is 13.0 Å². The Kier molecular flexibility index (Phi) is 3.79. The Morgan fingerprint density at radius 1 is 1.21 bits per heavy atom. The molecular formula is C17H26N2. The molecule has 1 aromatic rings. The second-order valence-corrected chi connectivity index (χ2v) is 6.60. The summed E-state index contributed by atoms with van der Waals surface area (Å²) in [6, 6.07) is 6.74. The number of hydrogen-bond donors (Lipinski definition) is 2. The van der Waals surface area contributed by atoms with E-state index in [-0.39, 0.29) is 0 Å². The molecule has 0 atom stereocenters. The standard InChI is InChI=1S/C17H26N2/c1-17(9-2-3-10-17)13-18-12-15-7-4-6-14-8-5-11-19-16(14)15/h4,6-7,18-19H,2-3,5,8-13H2,1H3. The van der Waals surface area contributed by atoms with Crippen molar-refractivity contribution in [3.63, 3.8) is 0 Å². The van der Waals surface area contributed by atoms with Crippen LogP contribution >= 0.6 is 0 Å². The van der Waals surface area contributed by atoms with Gasteiger partial charge in [-0.3, -0.25) is 0 Å². The van der Waals surface area contributed by atoms with Gasteiger partial charge in [0.1, 0.15) is 0 Å². The van der Waals surface area contributed by atoms with Gasteiger partial charge in [0, 0.05) is 25.3 Å². The maximum Gasteiger partial charge on any atom is 0.0418 e. The third kappa shape index (κ3) is 2.94. The van der Waals surface area contributed by atoms with E-state index in [2.05, 4.69) is 35.8 Å². The van der Waals surface area contributed by atoms with Gasteiger partial charge in [0.05, 0.1) is 0 Å². The van der Waals surface area contributed by atoms with Crippen LogP contribution < -0.4 is 10.6 Å². The van der Waals surface area contributed by atoms with E-state index < -0.39 is 0 Å². The van der Waals surface area contributed by atoms with Crippen molar-refractivity contribution in [3.05, 3.63) is 29.3 Å². The van der Waals surface area contributed by atoms with Crippen LogP contribution in [-0.4, -0.2) is 13.1 Å². The Hall–Kier alpha value is -1.02. The van der Waals surface area contributed by atoms with E-state index in [0.717, 1.165) is 19.6 Å². The van der Waals surface area contributed by atoms with Crippen molar-refractivity contribution in [1.29, 1.82) is 0 Å². The van der Waals surface area contributed by atoms with Crippen LogP contribution in [0.4, 0.5) is 5.69 Å². The second-order valence-electron chi connectivity index (χ2n) is 6.60. The highest BCUT2D eigenvalue weighted by atomic mass is 14.9. The maximum absolute atomic E-state index is 3.69. The highest BCUT2D eigenvalue weighted by Gasteiger charge is 2.27. The predicted molar refractivity (Wildman–Crippen MR) is 81.5 cm³/mol. The molecule has 1 aliphatic heterocycles. The lowest BCUT2D eigenvalue weighted by Crippen LogP contribution is -2.29. The molecule has 0 unspecified atom stereocenters. The van der Waals surface area contributed by atoms with Crippen LogP contribution in [0.3, 0.4) is 0 Å². The molecule has 0 saturated heterocycles. The van der Waals surface area contributed by atoms with E-state index in [1.165, 1.54) is 55.3 Å². The normalized spacial score (nSPS) is 20.9. The summed E-state index contributed by atoms with van der Waals surface area (Å²) in [5, 5.41) is 7.27. The fourth-order valence-electron chi connectivity index (χ4n) is 3.63. The van der Waals surface area contributed by atoms with Crippen LogP contribution in [0, 0.1) is 5.41 Å². The fraction of sp³-hybridized carbons (Fsp3) is 0.647. The van der Waals surface area contributed by atoms with Gasteiger partial charge in [0.25, 0.3) is 0 Å². The van der Waals surface area contributed by atoms with E-state index in [9.17, 15) is 0 Å². The Morgan fingerprint density at radius 2 is 2.05 bits per heavy atom. The summed E-state index contributed by atoms with van der Waals surface area (Å²) in [7, 11) is 0. The lowest BCUT2D eigenvalue weighted by Gasteiger charge is -2.25. The third-order valence-corrected chi connectivity index (χ3v) is 4.84. The first-order valence-electron chi connectivity index (χ1n) is 7.82. The molecular weight excluding hydrogens is 232 g/mol. The largest absolute Gasteiger partial charge is 0.385 e. The summed E-state index contributed by atoms with van der Waals surface area (Å²) in [6.45, 7) is 5.73. The molecule has 2 N–H and O–H groups in total. The number of aryl methyl sites for hydroxylation is 1. The summed E-state index contributed by atoms with van der Waals surface area (Å²) < 4.78 is 0. The van der Waals surface area contributed by atoms with Gasteiger partial charge in [-0.2, -0.15) is 0 Å². The third-order valence-electron chi connectivity index (χ3n) is 4.84. The van der Waals surface area contributed by atoms with Crippen LogP contribution in [0.1, 0.15) is 50.2 Å². The number of nitrogens with one attached hydrogen (secondary N) is 2. The zero-order valence-corrected chi connectivity index (χ0v) is 12.1. The Morgan fingerprint density at radius 3 is 2.89 bits per heavy atom. The van der Waals surface area contributed by atoms with Crippen molar-refractivity contribution in [1.82, 2.24) is 5.32 Å². The molecule has 19 heavy (non-hydrogen) atoms.